The molecule has 1 aromatic carbocycles. The minimum atomic E-state index is 0.463. The Balaban J connectivity index is 2.35. The Morgan fingerprint density at radius 2 is 2.00 bits per heavy atom. The highest BCUT2D eigenvalue weighted by Crippen LogP contribution is 2.44. The van der Waals surface area contributed by atoms with Crippen molar-refractivity contribution in [2.24, 2.45) is 10.9 Å². The lowest BCUT2D eigenvalue weighted by Crippen LogP contribution is -2.16. The van der Waals surface area contributed by atoms with Crippen LogP contribution in [-0.2, 0) is 12.8 Å². The van der Waals surface area contributed by atoms with E-state index < -0.39 is 0 Å². The van der Waals surface area contributed by atoms with Crippen molar-refractivity contribution in [1.29, 1.82) is 0 Å². The first-order chi connectivity index (χ1) is 8.09. The molecule has 2 bridgehead atoms. The van der Waals surface area contributed by atoms with Gasteiger partial charge in [0.25, 0.3) is 0 Å². The molecule has 1 aromatic rings. The van der Waals surface area contributed by atoms with Crippen molar-refractivity contribution < 1.29 is 0 Å². The Hall–Kier alpha value is -0.340. The maximum atomic E-state index is 6.31. The maximum Gasteiger partial charge on any atom is 0.110 e. The first-order valence-electron chi connectivity index (χ1n) is 6.14. The molecule has 3 heteroatoms. The van der Waals surface area contributed by atoms with Crippen LogP contribution in [0.1, 0.15) is 35.1 Å². The zero-order chi connectivity index (χ0) is 12.2. The van der Waals surface area contributed by atoms with Gasteiger partial charge in [0.05, 0.1) is 5.69 Å². The van der Waals surface area contributed by atoms with Crippen molar-refractivity contribution in [2.75, 3.05) is 0 Å². The maximum absolute atomic E-state index is 6.31. The number of fused-ring (bicyclic) bond motifs is 1. The summed E-state index contributed by atoms with van der Waals surface area (Å²) in [6.45, 7) is 4.35. The molecule has 1 unspecified atom stereocenters. The molecule has 1 atom stereocenters. The summed E-state index contributed by atoms with van der Waals surface area (Å²) in [5.41, 5.74) is 6.72. The quantitative estimate of drug-likeness (QED) is 0.650. The van der Waals surface area contributed by atoms with Crippen LogP contribution in [0.3, 0.4) is 0 Å². The third-order valence-corrected chi connectivity index (χ3v) is 5.68. The van der Waals surface area contributed by atoms with Gasteiger partial charge in [-0.3, -0.25) is 0 Å². The zero-order valence-corrected chi connectivity index (χ0v) is 12.5. The van der Waals surface area contributed by atoms with Gasteiger partial charge >= 0.3 is 0 Å². The topological polar surface area (TPSA) is 12.4 Å². The highest BCUT2D eigenvalue weighted by molar-refractivity contribution is 9.10. The molecule has 1 aliphatic heterocycles. The molecule has 1 aliphatic carbocycles. The second kappa shape index (κ2) is 4.10. The predicted molar refractivity (Wildman–Crippen MR) is 76.7 cm³/mol. The zero-order valence-electron chi connectivity index (χ0n) is 10.1. The SMILES string of the molecule is Cc1c(Br)c(C)c2c3c1CCCC(C3)C(Cl)=N2. The van der Waals surface area contributed by atoms with Crippen LogP contribution < -0.4 is 0 Å². The largest absolute Gasteiger partial charge is 0.240 e. The predicted octanol–water partition coefficient (Wildman–Crippen LogP) is 4.84. The van der Waals surface area contributed by atoms with Gasteiger partial charge in [-0.15, -0.1) is 0 Å². The highest BCUT2D eigenvalue weighted by atomic mass is 79.9. The number of aliphatic imine (C=N–C) groups is 1. The van der Waals surface area contributed by atoms with E-state index in [4.69, 9.17) is 11.6 Å². The van der Waals surface area contributed by atoms with Crippen LogP contribution in [0.15, 0.2) is 9.47 Å². The van der Waals surface area contributed by atoms with E-state index in [0.717, 1.165) is 17.3 Å². The standard InChI is InChI=1S/C14H15BrClN/c1-7-10-5-3-4-9-6-11(10)13(17-14(9)16)8(2)12(7)15/h9H,3-6H2,1-2H3. The van der Waals surface area contributed by atoms with Crippen molar-refractivity contribution in [3.8, 4) is 0 Å². The molecule has 2 aliphatic rings. The Kier molecular flexibility index (Phi) is 2.83. The van der Waals surface area contributed by atoms with Gasteiger partial charge in [0.1, 0.15) is 5.17 Å². The average Bonchev–Trinajstić information content (AvgIpc) is 2.51. The molecule has 0 amide bonds. The molecule has 1 nitrogen and oxygen atoms in total. The Labute approximate surface area is 115 Å². The van der Waals surface area contributed by atoms with Crippen LogP contribution >= 0.6 is 27.5 Å². The minimum absolute atomic E-state index is 0.463. The van der Waals surface area contributed by atoms with Gasteiger partial charge in [-0.2, -0.15) is 0 Å². The van der Waals surface area contributed by atoms with Crippen molar-refractivity contribution in [2.45, 2.75) is 39.5 Å². The van der Waals surface area contributed by atoms with Crippen molar-refractivity contribution in [1.82, 2.24) is 0 Å². The van der Waals surface area contributed by atoms with Gasteiger partial charge in [0, 0.05) is 10.4 Å². The molecule has 0 aromatic heterocycles. The van der Waals surface area contributed by atoms with E-state index in [2.05, 4.69) is 34.8 Å². The third-order valence-electron chi connectivity index (χ3n) is 4.10. The fourth-order valence-corrected chi connectivity index (χ4v) is 3.80. The average molecular weight is 313 g/mol. The summed E-state index contributed by atoms with van der Waals surface area (Å²) in [4.78, 5) is 4.65. The molecule has 0 fully saturated rings. The molecular formula is C14H15BrClN. The summed E-state index contributed by atoms with van der Waals surface area (Å²) in [5, 5.41) is 0.809. The molecular weight excluding hydrogens is 298 g/mol. The van der Waals surface area contributed by atoms with Crippen molar-refractivity contribution in [3.05, 3.63) is 26.7 Å². The van der Waals surface area contributed by atoms with Crippen molar-refractivity contribution in [3.63, 3.8) is 0 Å². The Morgan fingerprint density at radius 3 is 2.76 bits per heavy atom. The molecule has 1 heterocycles. The van der Waals surface area contributed by atoms with Crippen LogP contribution in [0.2, 0.25) is 0 Å². The van der Waals surface area contributed by atoms with Gasteiger partial charge in [-0.1, -0.05) is 27.5 Å². The minimum Gasteiger partial charge on any atom is -0.240 e. The summed E-state index contributed by atoms with van der Waals surface area (Å²) in [6, 6.07) is 0. The van der Waals surface area contributed by atoms with E-state index in [-0.39, 0.29) is 0 Å². The Bertz CT molecular complexity index is 534. The lowest BCUT2D eigenvalue weighted by Gasteiger charge is -2.24. The summed E-state index contributed by atoms with van der Waals surface area (Å²) < 4.78 is 1.21. The lowest BCUT2D eigenvalue weighted by molar-refractivity contribution is 0.614. The number of hydrogen-bond acceptors (Lipinski definition) is 1. The third kappa shape index (κ3) is 1.68. The van der Waals surface area contributed by atoms with Gasteiger partial charge in [0.15, 0.2) is 0 Å². The molecule has 0 N–H and O–H groups in total. The monoisotopic (exact) mass is 311 g/mol. The summed E-state index contributed by atoms with van der Waals surface area (Å²) in [5.74, 6) is 0.463. The molecule has 0 radical (unpaired) electrons. The van der Waals surface area contributed by atoms with Gasteiger partial charge in [-0.25, -0.2) is 4.99 Å². The van der Waals surface area contributed by atoms with E-state index in [1.165, 1.54) is 46.0 Å². The van der Waals surface area contributed by atoms with E-state index in [1.54, 1.807) is 0 Å². The Morgan fingerprint density at radius 1 is 1.24 bits per heavy atom. The fourth-order valence-electron chi connectivity index (χ4n) is 3.10. The molecule has 3 rings (SSSR count). The number of hydrogen-bond donors (Lipinski definition) is 0. The van der Waals surface area contributed by atoms with E-state index in [0.29, 0.717) is 5.92 Å². The van der Waals surface area contributed by atoms with Gasteiger partial charge < -0.3 is 0 Å². The second-order valence-corrected chi connectivity index (χ2v) is 6.28. The lowest BCUT2D eigenvalue weighted by atomic mass is 9.89. The highest BCUT2D eigenvalue weighted by Gasteiger charge is 2.29. The van der Waals surface area contributed by atoms with Crippen LogP contribution in [0.25, 0.3) is 0 Å². The summed E-state index contributed by atoms with van der Waals surface area (Å²) in [6.07, 6.45) is 4.65. The summed E-state index contributed by atoms with van der Waals surface area (Å²) in [7, 11) is 0. The van der Waals surface area contributed by atoms with Crippen LogP contribution in [-0.4, -0.2) is 5.17 Å². The van der Waals surface area contributed by atoms with E-state index in [1.807, 2.05) is 0 Å². The van der Waals surface area contributed by atoms with Gasteiger partial charge in [-0.05, 0) is 61.8 Å². The first kappa shape index (κ1) is 11.7. The normalized spacial score (nSPS) is 22.1. The van der Waals surface area contributed by atoms with Crippen molar-refractivity contribution >= 4 is 38.4 Å². The number of nitrogens with zero attached hydrogens (tertiary/aromatic N) is 1. The molecule has 90 valence electrons. The second-order valence-electron chi connectivity index (χ2n) is 5.10. The smallest absolute Gasteiger partial charge is 0.110 e. The van der Waals surface area contributed by atoms with Crippen LogP contribution in [0.5, 0.6) is 0 Å². The van der Waals surface area contributed by atoms with E-state index in [9.17, 15) is 0 Å². The van der Waals surface area contributed by atoms with Crippen LogP contribution in [0, 0.1) is 19.8 Å². The fraction of sp³-hybridized carbons (Fsp3) is 0.500. The van der Waals surface area contributed by atoms with E-state index >= 15 is 0 Å². The number of benzene rings is 1. The molecule has 0 spiro atoms. The first-order valence-corrected chi connectivity index (χ1v) is 7.31. The van der Waals surface area contributed by atoms with Gasteiger partial charge in [0.2, 0.25) is 0 Å². The molecule has 17 heavy (non-hydrogen) atoms. The molecule has 0 saturated carbocycles. The number of rotatable bonds is 0. The number of halogens is 2. The van der Waals surface area contributed by atoms with Crippen LogP contribution in [0.4, 0.5) is 5.69 Å². The molecule has 0 saturated heterocycles. The summed E-state index contributed by atoms with van der Waals surface area (Å²) >= 11 is 10.0.